The van der Waals surface area contributed by atoms with Crippen LogP contribution in [0, 0.1) is 5.21 Å². The fourth-order valence-corrected chi connectivity index (χ4v) is 1.13. The average Bonchev–Trinajstić information content (AvgIpc) is 2.31. The Kier molecular flexibility index (Phi) is 2.69. The van der Waals surface area contributed by atoms with Crippen molar-refractivity contribution in [1.29, 1.82) is 0 Å². The third-order valence-electron chi connectivity index (χ3n) is 1.85. The van der Waals surface area contributed by atoms with Crippen LogP contribution in [0.5, 0.6) is 0 Å². The van der Waals surface area contributed by atoms with Crippen molar-refractivity contribution in [3.63, 3.8) is 0 Å². The molecule has 4 nitrogen and oxygen atoms in total. The third-order valence-corrected chi connectivity index (χ3v) is 1.85. The van der Waals surface area contributed by atoms with E-state index in [-0.39, 0.29) is 0 Å². The Morgan fingerprint density at radius 3 is 2.33 bits per heavy atom. The minimum absolute atomic E-state index is 0.509. The Labute approximate surface area is 87.1 Å². The smallest absolute Gasteiger partial charge is 0.244 e. The summed E-state index contributed by atoms with van der Waals surface area (Å²) in [7, 11) is 0. The predicted molar refractivity (Wildman–Crippen MR) is 56.1 cm³/mol. The second kappa shape index (κ2) is 4.32. The number of hydrogen-bond acceptors (Lipinski definition) is 3. The molecule has 1 aromatic carbocycles. The molecule has 0 aliphatic rings. The van der Waals surface area contributed by atoms with Gasteiger partial charge >= 0.3 is 0 Å². The van der Waals surface area contributed by atoms with Gasteiger partial charge in [0.2, 0.25) is 5.69 Å². The van der Waals surface area contributed by atoms with E-state index in [1.807, 2.05) is 6.07 Å². The van der Waals surface area contributed by atoms with Crippen LogP contribution < -0.4 is 0 Å². The Balaban J connectivity index is 2.29. The first-order valence-corrected chi connectivity index (χ1v) is 4.50. The first-order valence-electron chi connectivity index (χ1n) is 4.50. The summed E-state index contributed by atoms with van der Waals surface area (Å²) >= 11 is 0. The van der Waals surface area contributed by atoms with Crippen molar-refractivity contribution in [2.24, 2.45) is 5.11 Å². The maximum absolute atomic E-state index is 11.5. The van der Waals surface area contributed by atoms with E-state index in [0.29, 0.717) is 16.2 Å². The molecule has 0 atom stereocenters. The average molecular weight is 199 g/mol. The highest BCUT2D eigenvalue weighted by molar-refractivity contribution is 5.33. The summed E-state index contributed by atoms with van der Waals surface area (Å²) in [6, 6.07) is 12.2. The number of aromatic nitrogens is 1. The fraction of sp³-hybridized carbons (Fsp3) is 0. The van der Waals surface area contributed by atoms with Crippen LogP contribution in [0.1, 0.15) is 0 Å². The largest absolute Gasteiger partial charge is 0.594 e. The van der Waals surface area contributed by atoms with E-state index in [9.17, 15) is 5.21 Å². The monoisotopic (exact) mass is 199 g/mol. The lowest BCUT2D eigenvalue weighted by Gasteiger charge is -1.98. The van der Waals surface area contributed by atoms with Gasteiger partial charge < -0.3 is 5.21 Å². The molecule has 1 heterocycles. The zero-order valence-electron chi connectivity index (χ0n) is 7.95. The van der Waals surface area contributed by atoms with Crippen molar-refractivity contribution >= 4 is 11.4 Å². The molecular formula is C11H9N3O. The van der Waals surface area contributed by atoms with Gasteiger partial charge in [-0.3, -0.25) is 4.98 Å². The van der Waals surface area contributed by atoms with Crippen molar-refractivity contribution < 1.29 is 4.86 Å². The van der Waals surface area contributed by atoms with E-state index in [1.165, 1.54) is 0 Å². The number of pyridine rings is 1. The van der Waals surface area contributed by atoms with Crippen molar-refractivity contribution in [3.05, 3.63) is 60.1 Å². The summed E-state index contributed by atoms with van der Waals surface area (Å²) in [5, 5.41) is 15.4. The first kappa shape index (κ1) is 9.33. The standard InChI is InChI=1S/C11H9N3O/c15-14(11-4-2-1-3-5-11)13-10-6-8-12-9-7-10/h1-9H. The van der Waals surface area contributed by atoms with E-state index in [2.05, 4.69) is 10.1 Å². The molecule has 15 heavy (non-hydrogen) atoms. The molecular weight excluding hydrogens is 190 g/mol. The van der Waals surface area contributed by atoms with Gasteiger partial charge in [0.1, 0.15) is 5.69 Å². The number of nitrogens with zero attached hydrogens (tertiary/aromatic N) is 3. The van der Waals surface area contributed by atoms with Gasteiger partial charge in [0, 0.05) is 29.6 Å². The van der Waals surface area contributed by atoms with Gasteiger partial charge in [-0.15, -0.1) is 0 Å². The number of rotatable bonds is 2. The summed E-state index contributed by atoms with van der Waals surface area (Å²) < 4.78 is 0. The van der Waals surface area contributed by atoms with E-state index >= 15 is 0 Å². The maximum Gasteiger partial charge on any atom is 0.244 e. The molecule has 2 aromatic rings. The zero-order chi connectivity index (χ0) is 10.5. The molecule has 0 unspecified atom stereocenters. The second-order valence-corrected chi connectivity index (χ2v) is 2.91. The molecule has 0 radical (unpaired) electrons. The van der Waals surface area contributed by atoms with Crippen LogP contribution in [0.15, 0.2) is 60.0 Å². The van der Waals surface area contributed by atoms with E-state index in [0.717, 1.165) is 0 Å². The van der Waals surface area contributed by atoms with Crippen LogP contribution in [-0.2, 0) is 0 Å². The number of para-hydroxylation sites is 1. The maximum atomic E-state index is 11.5. The summed E-state index contributed by atoms with van der Waals surface area (Å²) in [5.74, 6) is 0. The number of azo groups is 1. The molecule has 0 fully saturated rings. The Hall–Kier alpha value is -2.23. The highest BCUT2D eigenvalue weighted by Crippen LogP contribution is 2.15. The molecule has 1 aromatic heterocycles. The molecule has 4 heteroatoms. The molecule has 0 aliphatic carbocycles. The highest BCUT2D eigenvalue weighted by atomic mass is 16.5. The van der Waals surface area contributed by atoms with Gasteiger partial charge in [-0.25, -0.2) is 0 Å². The van der Waals surface area contributed by atoms with Crippen molar-refractivity contribution in [2.75, 3.05) is 0 Å². The lowest BCUT2D eigenvalue weighted by molar-refractivity contribution is -0.435. The van der Waals surface area contributed by atoms with Crippen LogP contribution in [0.3, 0.4) is 0 Å². The molecule has 0 amide bonds. The van der Waals surface area contributed by atoms with Crippen molar-refractivity contribution in [2.45, 2.75) is 0 Å². The van der Waals surface area contributed by atoms with Crippen LogP contribution in [0.4, 0.5) is 11.4 Å². The van der Waals surface area contributed by atoms with Gasteiger partial charge in [-0.2, -0.15) is 0 Å². The van der Waals surface area contributed by atoms with E-state index < -0.39 is 0 Å². The van der Waals surface area contributed by atoms with Crippen LogP contribution >= 0.6 is 0 Å². The van der Waals surface area contributed by atoms with Crippen molar-refractivity contribution in [1.82, 2.24) is 4.98 Å². The molecule has 0 saturated heterocycles. The van der Waals surface area contributed by atoms with Gasteiger partial charge in [-0.05, 0) is 12.1 Å². The zero-order valence-corrected chi connectivity index (χ0v) is 7.95. The van der Waals surface area contributed by atoms with Crippen LogP contribution in [0.2, 0.25) is 0 Å². The Morgan fingerprint density at radius 1 is 1.00 bits per heavy atom. The van der Waals surface area contributed by atoms with Gasteiger partial charge in [0.25, 0.3) is 0 Å². The summed E-state index contributed by atoms with van der Waals surface area (Å²) in [6.07, 6.45) is 3.19. The van der Waals surface area contributed by atoms with E-state index in [1.54, 1.807) is 48.8 Å². The minimum atomic E-state index is 0.509. The second-order valence-electron chi connectivity index (χ2n) is 2.91. The summed E-state index contributed by atoms with van der Waals surface area (Å²) in [5.41, 5.74) is 1.10. The first-order chi connectivity index (χ1) is 7.36. The molecule has 0 aliphatic heterocycles. The topological polar surface area (TPSA) is 51.3 Å². The number of benzene rings is 1. The fourth-order valence-electron chi connectivity index (χ4n) is 1.13. The van der Waals surface area contributed by atoms with Crippen LogP contribution in [0.25, 0.3) is 0 Å². The van der Waals surface area contributed by atoms with Gasteiger partial charge in [-0.1, -0.05) is 23.1 Å². The summed E-state index contributed by atoms with van der Waals surface area (Å²) in [6.45, 7) is 0. The molecule has 0 bridgehead atoms. The molecule has 0 spiro atoms. The Bertz CT molecular complexity index is 454. The van der Waals surface area contributed by atoms with Gasteiger partial charge in [0.15, 0.2) is 0 Å². The Morgan fingerprint density at radius 2 is 1.67 bits per heavy atom. The molecule has 0 saturated carbocycles. The van der Waals surface area contributed by atoms with Gasteiger partial charge in [0.05, 0.1) is 0 Å². The van der Waals surface area contributed by atoms with Crippen molar-refractivity contribution in [3.8, 4) is 0 Å². The van der Waals surface area contributed by atoms with E-state index in [4.69, 9.17) is 0 Å². The molecule has 2 rings (SSSR count). The van der Waals surface area contributed by atoms with Crippen LogP contribution in [-0.4, -0.2) is 9.84 Å². The third kappa shape index (κ3) is 2.37. The highest BCUT2D eigenvalue weighted by Gasteiger charge is 2.01. The molecule has 0 N–H and O–H groups in total. The SMILES string of the molecule is [O-][N+](=Nc1ccncc1)c1ccccc1. The quantitative estimate of drug-likeness (QED) is 0.424. The normalized spacial score (nSPS) is 11.3. The lowest BCUT2D eigenvalue weighted by atomic mass is 10.3. The molecule has 74 valence electrons. The lowest BCUT2D eigenvalue weighted by Crippen LogP contribution is -1.89. The number of hydrogen-bond donors (Lipinski definition) is 0. The summed E-state index contributed by atoms with van der Waals surface area (Å²) in [4.78, 5) is 4.44. The minimum Gasteiger partial charge on any atom is -0.594 e. The predicted octanol–water partition coefficient (Wildman–Crippen LogP) is 3.01.